The highest BCUT2D eigenvalue weighted by atomic mass is 16.6. The molecule has 2 aromatic rings. The van der Waals surface area contributed by atoms with Gasteiger partial charge >= 0.3 is 11.7 Å². The normalized spacial score (nSPS) is 10.4. The molecule has 0 aliphatic carbocycles. The second-order valence-corrected chi connectivity index (χ2v) is 3.28. The Morgan fingerprint density at radius 3 is 2.94 bits per heavy atom. The summed E-state index contributed by atoms with van der Waals surface area (Å²) in [7, 11) is 0. The number of carbonyl (C=O) groups excluding carboxylic acids is 1. The van der Waals surface area contributed by atoms with Gasteiger partial charge in [-0.25, -0.2) is 4.79 Å². The number of ether oxygens (including phenoxy) is 1. The number of rotatable bonds is 3. The second-order valence-electron chi connectivity index (χ2n) is 3.28. The van der Waals surface area contributed by atoms with Gasteiger partial charge in [-0.3, -0.25) is 10.1 Å². The predicted octanol–water partition coefficient (Wildman–Crippen LogP) is 2.52. The van der Waals surface area contributed by atoms with E-state index < -0.39 is 10.9 Å². The Kier molecular flexibility index (Phi) is 2.78. The molecule has 0 amide bonds. The van der Waals surface area contributed by atoms with Gasteiger partial charge in [-0.1, -0.05) is 6.07 Å². The molecule has 0 N–H and O–H groups in total. The lowest BCUT2D eigenvalue weighted by atomic mass is 10.1. The zero-order valence-corrected chi connectivity index (χ0v) is 9.00. The van der Waals surface area contributed by atoms with Crippen LogP contribution in [0.4, 0.5) is 5.69 Å². The maximum Gasteiger partial charge on any atom is 0.342 e. The Morgan fingerprint density at radius 2 is 2.29 bits per heavy atom. The van der Waals surface area contributed by atoms with E-state index in [1.54, 1.807) is 13.0 Å². The molecule has 0 saturated heterocycles. The van der Waals surface area contributed by atoms with E-state index in [9.17, 15) is 14.9 Å². The van der Waals surface area contributed by atoms with E-state index in [1.807, 2.05) is 0 Å². The van der Waals surface area contributed by atoms with Crippen molar-refractivity contribution >= 4 is 22.6 Å². The summed E-state index contributed by atoms with van der Waals surface area (Å²) in [6.45, 7) is 1.92. The van der Waals surface area contributed by atoms with E-state index in [1.165, 1.54) is 18.4 Å². The molecule has 1 aromatic carbocycles. The fraction of sp³-hybridized carbons (Fsp3) is 0.182. The van der Waals surface area contributed by atoms with Crippen molar-refractivity contribution in [2.75, 3.05) is 6.61 Å². The van der Waals surface area contributed by atoms with Crippen molar-refractivity contribution in [3.8, 4) is 0 Å². The number of hydrogen-bond acceptors (Lipinski definition) is 5. The highest BCUT2D eigenvalue weighted by Crippen LogP contribution is 2.29. The molecule has 88 valence electrons. The number of nitro groups is 1. The van der Waals surface area contributed by atoms with Crippen molar-refractivity contribution in [1.82, 2.24) is 0 Å². The minimum Gasteiger partial charge on any atom is -0.462 e. The van der Waals surface area contributed by atoms with Gasteiger partial charge in [-0.05, 0) is 13.0 Å². The number of furan rings is 1. The first-order valence-electron chi connectivity index (χ1n) is 4.97. The predicted molar refractivity (Wildman–Crippen MR) is 58.8 cm³/mol. The summed E-state index contributed by atoms with van der Waals surface area (Å²) in [5, 5.41) is 11.1. The van der Waals surface area contributed by atoms with Gasteiger partial charge in [0.15, 0.2) is 0 Å². The topological polar surface area (TPSA) is 82.6 Å². The van der Waals surface area contributed by atoms with Crippen LogP contribution < -0.4 is 0 Å². The third-order valence-corrected chi connectivity index (χ3v) is 2.27. The standard InChI is InChI=1S/C11H9NO5/c1-2-16-11(13)8-6-17-10-7(8)4-3-5-9(10)12(14)15/h3-6H,2H2,1H3. The number of benzene rings is 1. The molecular weight excluding hydrogens is 226 g/mol. The molecule has 0 radical (unpaired) electrons. The Labute approximate surface area is 95.9 Å². The van der Waals surface area contributed by atoms with Gasteiger partial charge in [-0.15, -0.1) is 0 Å². The molecule has 0 atom stereocenters. The minimum atomic E-state index is -0.555. The monoisotopic (exact) mass is 235 g/mol. The quantitative estimate of drug-likeness (QED) is 0.463. The lowest BCUT2D eigenvalue weighted by Crippen LogP contribution is -2.03. The number of esters is 1. The van der Waals surface area contributed by atoms with Gasteiger partial charge in [-0.2, -0.15) is 0 Å². The van der Waals surface area contributed by atoms with Gasteiger partial charge in [0.2, 0.25) is 5.58 Å². The van der Waals surface area contributed by atoms with Gasteiger partial charge in [0.25, 0.3) is 0 Å². The van der Waals surface area contributed by atoms with Crippen molar-refractivity contribution in [3.05, 3.63) is 40.1 Å². The van der Waals surface area contributed by atoms with E-state index in [2.05, 4.69) is 0 Å². The van der Waals surface area contributed by atoms with E-state index >= 15 is 0 Å². The maximum absolute atomic E-state index is 11.5. The van der Waals surface area contributed by atoms with E-state index in [-0.39, 0.29) is 23.4 Å². The first kappa shape index (κ1) is 11.1. The van der Waals surface area contributed by atoms with Crippen LogP contribution in [0.3, 0.4) is 0 Å². The van der Waals surface area contributed by atoms with Crippen molar-refractivity contribution < 1.29 is 18.9 Å². The SMILES string of the molecule is CCOC(=O)c1coc2c([N+](=O)[O-])cccc12. The summed E-state index contributed by atoms with van der Waals surface area (Å²) in [5.41, 5.74) is 0.115. The summed E-state index contributed by atoms with van der Waals surface area (Å²) < 4.78 is 9.89. The fourth-order valence-corrected chi connectivity index (χ4v) is 1.55. The van der Waals surface area contributed by atoms with Crippen LogP contribution in [0.25, 0.3) is 11.0 Å². The number of hydrogen-bond donors (Lipinski definition) is 0. The Balaban J connectivity index is 2.58. The van der Waals surface area contributed by atoms with Crippen molar-refractivity contribution in [2.45, 2.75) is 6.92 Å². The summed E-state index contributed by atoms with van der Waals surface area (Å²) in [5.74, 6) is -0.549. The molecule has 1 heterocycles. The molecule has 6 heteroatoms. The molecule has 0 bridgehead atoms. The average Bonchev–Trinajstić information content (AvgIpc) is 2.72. The molecule has 0 spiro atoms. The highest BCUT2D eigenvalue weighted by molar-refractivity contribution is 6.05. The lowest BCUT2D eigenvalue weighted by molar-refractivity contribution is -0.383. The van der Waals surface area contributed by atoms with Gasteiger partial charge in [0.05, 0.1) is 11.5 Å². The fourth-order valence-electron chi connectivity index (χ4n) is 1.55. The largest absolute Gasteiger partial charge is 0.462 e. The van der Waals surface area contributed by atoms with Crippen LogP contribution in [0.5, 0.6) is 0 Å². The van der Waals surface area contributed by atoms with Crippen LogP contribution in [0, 0.1) is 10.1 Å². The summed E-state index contributed by atoms with van der Waals surface area (Å²) in [6.07, 6.45) is 1.18. The summed E-state index contributed by atoms with van der Waals surface area (Å²) in [6, 6.07) is 4.40. The Morgan fingerprint density at radius 1 is 1.53 bits per heavy atom. The molecule has 0 unspecified atom stereocenters. The van der Waals surface area contributed by atoms with Crippen LogP contribution in [-0.4, -0.2) is 17.5 Å². The van der Waals surface area contributed by atoms with Crippen LogP contribution in [0.15, 0.2) is 28.9 Å². The Bertz CT molecular complexity index is 587. The number of nitro benzene ring substituents is 1. The zero-order chi connectivity index (χ0) is 12.4. The van der Waals surface area contributed by atoms with Crippen molar-refractivity contribution in [3.63, 3.8) is 0 Å². The van der Waals surface area contributed by atoms with Gasteiger partial charge in [0.1, 0.15) is 11.8 Å². The van der Waals surface area contributed by atoms with Gasteiger partial charge in [0, 0.05) is 11.5 Å². The van der Waals surface area contributed by atoms with Crippen LogP contribution in [-0.2, 0) is 4.74 Å². The number of non-ortho nitro benzene ring substituents is 1. The van der Waals surface area contributed by atoms with Gasteiger partial charge < -0.3 is 9.15 Å². The number of para-hydroxylation sites is 1. The first-order chi connectivity index (χ1) is 8.15. The third kappa shape index (κ3) is 1.84. The molecule has 0 saturated carbocycles. The number of fused-ring (bicyclic) bond motifs is 1. The van der Waals surface area contributed by atoms with Crippen LogP contribution in [0.2, 0.25) is 0 Å². The first-order valence-corrected chi connectivity index (χ1v) is 4.97. The van der Waals surface area contributed by atoms with E-state index in [4.69, 9.17) is 9.15 Å². The van der Waals surface area contributed by atoms with Crippen LogP contribution >= 0.6 is 0 Å². The van der Waals surface area contributed by atoms with Crippen molar-refractivity contribution in [2.24, 2.45) is 0 Å². The molecule has 0 aliphatic heterocycles. The molecule has 0 fully saturated rings. The molecule has 0 aliphatic rings. The summed E-state index contributed by atoms with van der Waals surface area (Å²) >= 11 is 0. The zero-order valence-electron chi connectivity index (χ0n) is 9.00. The van der Waals surface area contributed by atoms with Crippen LogP contribution in [0.1, 0.15) is 17.3 Å². The number of nitrogens with zero attached hydrogens (tertiary/aromatic N) is 1. The third-order valence-electron chi connectivity index (χ3n) is 2.27. The molecular formula is C11H9NO5. The lowest BCUT2D eigenvalue weighted by Gasteiger charge is -1.98. The van der Waals surface area contributed by atoms with Crippen molar-refractivity contribution in [1.29, 1.82) is 0 Å². The van der Waals surface area contributed by atoms with E-state index in [0.717, 1.165) is 0 Å². The molecule has 2 rings (SSSR count). The Hall–Kier alpha value is -2.37. The minimum absolute atomic E-state index is 0.0838. The number of carbonyl (C=O) groups is 1. The smallest absolute Gasteiger partial charge is 0.342 e. The summed E-state index contributed by atoms with van der Waals surface area (Å²) in [4.78, 5) is 21.7. The maximum atomic E-state index is 11.5. The average molecular weight is 235 g/mol. The van der Waals surface area contributed by atoms with E-state index in [0.29, 0.717) is 5.39 Å². The molecule has 1 aromatic heterocycles. The molecule has 17 heavy (non-hydrogen) atoms. The highest BCUT2D eigenvalue weighted by Gasteiger charge is 2.21. The second kappa shape index (κ2) is 4.25. The molecule has 6 nitrogen and oxygen atoms in total.